The minimum Gasteiger partial charge on any atom is -0.323 e. The van der Waals surface area contributed by atoms with E-state index < -0.39 is 6.04 Å². The quantitative estimate of drug-likeness (QED) is 0.793. The van der Waals surface area contributed by atoms with Crippen molar-refractivity contribution in [3.05, 3.63) is 23.5 Å². The molecule has 0 fully saturated rings. The molecule has 1 amide bonds. The van der Waals surface area contributed by atoms with Crippen LogP contribution in [0.25, 0.3) is 0 Å². The second-order valence-corrected chi connectivity index (χ2v) is 4.48. The number of aromatic nitrogens is 1. The zero-order valence-corrected chi connectivity index (χ0v) is 10.2. The summed E-state index contributed by atoms with van der Waals surface area (Å²) in [6.45, 7) is 4.05. The molecule has 0 saturated heterocycles. The number of pyridine rings is 1. The van der Waals surface area contributed by atoms with Crippen molar-refractivity contribution >= 4 is 23.2 Å². The largest absolute Gasteiger partial charge is 0.323 e. The molecule has 16 heavy (non-hydrogen) atoms. The van der Waals surface area contributed by atoms with E-state index in [4.69, 9.17) is 17.3 Å². The van der Waals surface area contributed by atoms with E-state index in [-0.39, 0.29) is 5.91 Å². The van der Waals surface area contributed by atoms with E-state index in [9.17, 15) is 4.79 Å². The van der Waals surface area contributed by atoms with Crippen LogP contribution in [0.2, 0.25) is 5.15 Å². The standard InChI is InChI=1S/C11H16ClN3O/c1-7(2)5-9(13)11(16)15-8-3-4-10(12)14-6-8/h3-4,6-7,9H,5,13H2,1-2H3,(H,15,16). The predicted molar refractivity (Wildman–Crippen MR) is 65.3 cm³/mol. The van der Waals surface area contributed by atoms with Crippen LogP contribution in [-0.4, -0.2) is 16.9 Å². The van der Waals surface area contributed by atoms with Gasteiger partial charge in [0.15, 0.2) is 0 Å². The number of nitrogens with one attached hydrogen (secondary N) is 1. The average molecular weight is 242 g/mol. The summed E-state index contributed by atoms with van der Waals surface area (Å²) < 4.78 is 0. The monoisotopic (exact) mass is 241 g/mol. The maximum absolute atomic E-state index is 11.6. The molecule has 1 aromatic heterocycles. The van der Waals surface area contributed by atoms with E-state index in [1.54, 1.807) is 12.1 Å². The fourth-order valence-corrected chi connectivity index (χ4v) is 1.41. The van der Waals surface area contributed by atoms with Gasteiger partial charge in [0.05, 0.1) is 17.9 Å². The molecule has 0 aliphatic heterocycles. The van der Waals surface area contributed by atoms with Gasteiger partial charge >= 0.3 is 0 Å². The molecule has 0 saturated carbocycles. The summed E-state index contributed by atoms with van der Waals surface area (Å²) in [6.07, 6.45) is 2.16. The Labute approximate surface area is 100 Å². The summed E-state index contributed by atoms with van der Waals surface area (Å²) in [5, 5.41) is 3.08. The first-order valence-electron chi connectivity index (χ1n) is 5.17. The van der Waals surface area contributed by atoms with Crippen molar-refractivity contribution in [2.75, 3.05) is 5.32 Å². The third-order valence-electron chi connectivity index (χ3n) is 2.06. The summed E-state index contributed by atoms with van der Waals surface area (Å²) in [7, 11) is 0. The van der Waals surface area contributed by atoms with Crippen molar-refractivity contribution in [1.29, 1.82) is 0 Å². The Hall–Kier alpha value is -1.13. The third-order valence-corrected chi connectivity index (χ3v) is 2.28. The maximum Gasteiger partial charge on any atom is 0.241 e. The Kier molecular flexibility index (Phi) is 4.71. The first-order chi connectivity index (χ1) is 7.49. The van der Waals surface area contributed by atoms with Gasteiger partial charge in [-0.1, -0.05) is 25.4 Å². The van der Waals surface area contributed by atoms with Crippen LogP contribution in [-0.2, 0) is 4.79 Å². The lowest BCUT2D eigenvalue weighted by molar-refractivity contribution is -0.117. The highest BCUT2D eigenvalue weighted by Crippen LogP contribution is 2.11. The first kappa shape index (κ1) is 12.9. The van der Waals surface area contributed by atoms with Crippen LogP contribution in [0.4, 0.5) is 5.69 Å². The van der Waals surface area contributed by atoms with Gasteiger partial charge in [0, 0.05) is 0 Å². The molecule has 0 spiro atoms. The third kappa shape index (κ3) is 4.16. The number of rotatable bonds is 4. The van der Waals surface area contributed by atoms with Gasteiger partial charge in [-0.05, 0) is 24.5 Å². The molecule has 88 valence electrons. The van der Waals surface area contributed by atoms with Crippen LogP contribution in [0.5, 0.6) is 0 Å². The molecule has 0 aliphatic carbocycles. The van der Waals surface area contributed by atoms with Crippen molar-refractivity contribution in [1.82, 2.24) is 4.98 Å². The second kappa shape index (κ2) is 5.82. The molecule has 5 heteroatoms. The van der Waals surface area contributed by atoms with Crippen molar-refractivity contribution < 1.29 is 4.79 Å². The molecule has 3 N–H and O–H groups in total. The van der Waals surface area contributed by atoms with Crippen molar-refractivity contribution in [3.8, 4) is 0 Å². The molecule has 4 nitrogen and oxygen atoms in total. The van der Waals surface area contributed by atoms with Gasteiger partial charge in [0.1, 0.15) is 5.15 Å². The molecule has 0 radical (unpaired) electrons. The Morgan fingerprint density at radius 3 is 2.75 bits per heavy atom. The molecule has 1 rings (SSSR count). The number of nitrogens with two attached hydrogens (primary N) is 1. The van der Waals surface area contributed by atoms with Crippen LogP contribution >= 0.6 is 11.6 Å². The number of nitrogens with zero attached hydrogens (tertiary/aromatic N) is 1. The van der Waals surface area contributed by atoms with E-state index in [0.29, 0.717) is 23.2 Å². The van der Waals surface area contributed by atoms with Gasteiger partial charge in [-0.25, -0.2) is 4.98 Å². The van der Waals surface area contributed by atoms with Crippen LogP contribution in [0.15, 0.2) is 18.3 Å². The van der Waals surface area contributed by atoms with Crippen molar-refractivity contribution in [3.63, 3.8) is 0 Å². The molecular formula is C11H16ClN3O. The number of halogens is 1. The lowest BCUT2D eigenvalue weighted by atomic mass is 10.0. The van der Waals surface area contributed by atoms with E-state index >= 15 is 0 Å². The Bertz CT molecular complexity index is 351. The van der Waals surface area contributed by atoms with Gasteiger partial charge in [0.25, 0.3) is 0 Å². The highest BCUT2D eigenvalue weighted by Gasteiger charge is 2.14. The molecule has 1 atom stereocenters. The van der Waals surface area contributed by atoms with E-state index in [0.717, 1.165) is 0 Å². The number of anilines is 1. The van der Waals surface area contributed by atoms with E-state index in [1.807, 2.05) is 13.8 Å². The molecule has 0 aliphatic rings. The van der Waals surface area contributed by atoms with Crippen molar-refractivity contribution in [2.24, 2.45) is 11.7 Å². The Morgan fingerprint density at radius 2 is 2.25 bits per heavy atom. The van der Waals surface area contributed by atoms with Gasteiger partial charge < -0.3 is 11.1 Å². The summed E-state index contributed by atoms with van der Waals surface area (Å²) in [5.74, 6) is 0.196. The topological polar surface area (TPSA) is 68.0 Å². The highest BCUT2D eigenvalue weighted by molar-refractivity contribution is 6.29. The lowest BCUT2D eigenvalue weighted by Crippen LogP contribution is -2.36. The number of carbonyl (C=O) groups excluding carboxylic acids is 1. The molecule has 1 aromatic rings. The number of hydrogen-bond donors (Lipinski definition) is 2. The average Bonchev–Trinajstić information content (AvgIpc) is 2.20. The smallest absolute Gasteiger partial charge is 0.241 e. The molecule has 0 bridgehead atoms. The maximum atomic E-state index is 11.6. The number of carbonyl (C=O) groups is 1. The van der Waals surface area contributed by atoms with Gasteiger partial charge in [-0.15, -0.1) is 0 Å². The minimum atomic E-state index is -0.490. The van der Waals surface area contributed by atoms with Crippen LogP contribution in [0.3, 0.4) is 0 Å². The molecular weight excluding hydrogens is 226 g/mol. The summed E-state index contributed by atoms with van der Waals surface area (Å²) in [6, 6.07) is 2.82. The number of hydrogen-bond acceptors (Lipinski definition) is 3. The van der Waals surface area contributed by atoms with Gasteiger partial charge in [0.2, 0.25) is 5.91 Å². The van der Waals surface area contributed by atoms with E-state index in [1.165, 1.54) is 6.20 Å². The Morgan fingerprint density at radius 1 is 1.56 bits per heavy atom. The predicted octanol–water partition coefficient (Wildman–Crippen LogP) is 2.05. The molecule has 0 aromatic carbocycles. The van der Waals surface area contributed by atoms with E-state index in [2.05, 4.69) is 10.3 Å². The second-order valence-electron chi connectivity index (χ2n) is 4.09. The number of amides is 1. The summed E-state index contributed by atoms with van der Waals surface area (Å²) >= 11 is 5.63. The summed E-state index contributed by atoms with van der Waals surface area (Å²) in [5.41, 5.74) is 6.34. The minimum absolute atomic E-state index is 0.196. The van der Waals surface area contributed by atoms with Gasteiger partial charge in [-0.2, -0.15) is 0 Å². The molecule has 1 unspecified atom stereocenters. The van der Waals surface area contributed by atoms with Gasteiger partial charge in [-0.3, -0.25) is 4.79 Å². The fraction of sp³-hybridized carbons (Fsp3) is 0.455. The SMILES string of the molecule is CC(C)CC(N)C(=O)Nc1ccc(Cl)nc1. The zero-order chi connectivity index (χ0) is 12.1. The highest BCUT2D eigenvalue weighted by atomic mass is 35.5. The zero-order valence-electron chi connectivity index (χ0n) is 9.40. The summed E-state index contributed by atoms with van der Waals surface area (Å²) in [4.78, 5) is 15.5. The first-order valence-corrected chi connectivity index (χ1v) is 5.55. The normalized spacial score (nSPS) is 12.6. The Balaban J connectivity index is 2.54. The van der Waals surface area contributed by atoms with Crippen LogP contribution in [0, 0.1) is 5.92 Å². The lowest BCUT2D eigenvalue weighted by Gasteiger charge is -2.13. The van der Waals surface area contributed by atoms with Crippen LogP contribution in [0.1, 0.15) is 20.3 Å². The van der Waals surface area contributed by atoms with Crippen molar-refractivity contribution in [2.45, 2.75) is 26.3 Å². The fourth-order valence-electron chi connectivity index (χ4n) is 1.30. The molecule has 1 heterocycles. The van der Waals surface area contributed by atoms with Crippen LogP contribution < -0.4 is 11.1 Å².